The van der Waals surface area contributed by atoms with Crippen molar-refractivity contribution in [3.05, 3.63) is 119 Å². The maximum atomic E-state index is 13.6. The minimum Gasteiger partial charge on any atom is -0.497 e. The predicted octanol–water partition coefficient (Wildman–Crippen LogP) is 8.99. The van der Waals surface area contributed by atoms with Crippen molar-refractivity contribution in [3.63, 3.8) is 0 Å². The number of carbonyl (C=O) groups is 8. The van der Waals surface area contributed by atoms with Gasteiger partial charge in [-0.3, -0.25) is 29.3 Å². The highest BCUT2D eigenvalue weighted by atomic mass is 32.2. The zero-order valence-electron chi connectivity index (χ0n) is 60.5. The topological polar surface area (TPSA) is 332 Å². The van der Waals surface area contributed by atoms with Crippen LogP contribution in [0.5, 0.6) is 23.0 Å². The van der Waals surface area contributed by atoms with E-state index in [1.807, 2.05) is 72.8 Å². The second-order valence-electron chi connectivity index (χ2n) is 27.4. The van der Waals surface area contributed by atoms with Crippen molar-refractivity contribution >= 4 is 90.8 Å². The summed E-state index contributed by atoms with van der Waals surface area (Å²) in [7, 11) is 3.28. The first-order valence-electron chi connectivity index (χ1n) is 35.3. The first-order chi connectivity index (χ1) is 49.8. The molecule has 4 aliphatic heterocycles. The standard InChI is InChI=1S/C19H25NO6S.C19H25NO4S.C18H23NO6S.C14H18O3.C5H9NO2S/c1-25-15-8-6-14(7-9-15)19(10-4-3-5-11-19)18(22)20-13-27(23,24)12-16(20)17(21)26-2;1-23-15-8-6-14(7-9-15)19(10-4-3-5-11-19)18(22)20-13-25-12-16(20)17(21)24-2;1-25-14-7-5-13(6-8-14)18(9-3-2-4-10-18)17(22)19-12-26(23,24)11-15(19)16(20)21;1-17-12-7-5-11(6-8-12)14(13(15)16)9-3-2-4-10-14;1-8-5(7)4-2-9-3-6-4/h6-9,16H,3-5,10-13H2,1-2H3;6-9,16H,3-5,10-13H2,1-2H3;5-8,15H,2-4,9-12H2,1H3,(H,20,21);5-8H,2-4,9-10H2,1H3,(H,15,16);4,6H,2-3H2,1H3/t2*16-;15-;;4-/m111.1/s1. The van der Waals surface area contributed by atoms with Crippen molar-refractivity contribution in [2.24, 2.45) is 0 Å². The van der Waals surface area contributed by atoms with Gasteiger partial charge in [0.05, 0.1) is 88.8 Å². The lowest BCUT2D eigenvalue weighted by Gasteiger charge is -2.40. The molecule has 0 radical (unpaired) electrons. The molecule has 4 atom stereocenters. The zero-order valence-corrected chi connectivity index (χ0v) is 63.7. The summed E-state index contributed by atoms with van der Waals surface area (Å²) in [6.45, 7) is 0. The number of carboxylic acid groups (broad SMARTS) is 2. The minimum atomic E-state index is -3.59. The number of sulfone groups is 2. The van der Waals surface area contributed by atoms with E-state index in [0.717, 1.165) is 153 Å². The molecule has 3 N–H and O–H groups in total. The number of nitrogens with one attached hydrogen (secondary N) is 1. The highest BCUT2D eigenvalue weighted by Crippen LogP contribution is 2.47. The number of benzene rings is 4. The predicted molar refractivity (Wildman–Crippen MR) is 393 cm³/mol. The van der Waals surface area contributed by atoms with Crippen molar-refractivity contribution in [2.45, 2.75) is 174 Å². The first-order valence-corrected chi connectivity index (χ1v) is 41.2. The summed E-state index contributed by atoms with van der Waals surface area (Å²) in [6.07, 6.45) is 17.4. The molecule has 8 aliphatic rings. The third kappa shape index (κ3) is 19.1. The van der Waals surface area contributed by atoms with Crippen molar-refractivity contribution < 1.29 is 98.6 Å². The molecule has 570 valence electrons. The lowest BCUT2D eigenvalue weighted by Crippen LogP contribution is -2.52. The van der Waals surface area contributed by atoms with E-state index in [9.17, 15) is 65.4 Å². The molecule has 4 aromatic carbocycles. The molecule has 0 spiro atoms. The maximum absolute atomic E-state index is 13.6. The summed E-state index contributed by atoms with van der Waals surface area (Å²) < 4.78 is 83.2. The largest absolute Gasteiger partial charge is 0.497 e. The first kappa shape index (κ1) is 82.1. The van der Waals surface area contributed by atoms with Gasteiger partial charge in [-0.25, -0.2) is 31.2 Å². The normalized spacial score (nSPS) is 22.9. The van der Waals surface area contributed by atoms with Crippen LogP contribution in [0.3, 0.4) is 0 Å². The lowest BCUT2D eigenvalue weighted by atomic mass is 9.68. The molecule has 4 aromatic rings. The Balaban J connectivity index is 0.000000170. The average Bonchev–Trinajstić information content (AvgIpc) is 1.55. The number of hydrogen-bond acceptors (Lipinski definition) is 22. The van der Waals surface area contributed by atoms with E-state index < -0.39 is 101 Å². The second-order valence-corrected chi connectivity index (χ2v) is 33.6. The Kier molecular flexibility index (Phi) is 29.3. The number of carbonyl (C=O) groups excluding carboxylic acids is 6. The number of nitrogens with zero attached hydrogens (tertiary/aromatic N) is 3. The summed E-state index contributed by atoms with van der Waals surface area (Å²) >= 11 is 3.32. The Morgan fingerprint density at radius 3 is 1.01 bits per heavy atom. The zero-order chi connectivity index (χ0) is 75.5. The molecule has 104 heavy (non-hydrogen) atoms. The monoisotopic (exact) mass is 1520 g/mol. The molecule has 0 aromatic heterocycles. The number of aliphatic carboxylic acids is 2. The number of carboxylic acids is 2. The number of methoxy groups -OCH3 is 7. The van der Waals surface area contributed by atoms with Crippen LogP contribution in [0.1, 0.15) is 151 Å². The Morgan fingerprint density at radius 1 is 0.394 bits per heavy atom. The fraction of sp³-hybridized carbons (Fsp3) is 0.573. The van der Waals surface area contributed by atoms with Gasteiger partial charge in [-0.1, -0.05) is 126 Å². The Morgan fingerprint density at radius 2 is 0.702 bits per heavy atom. The Hall–Kier alpha value is -7.60. The van der Waals surface area contributed by atoms with Crippen molar-refractivity contribution in [1.82, 2.24) is 20.0 Å². The summed E-state index contributed by atoms with van der Waals surface area (Å²) in [6, 6.07) is 26.9. The van der Waals surface area contributed by atoms with Crippen molar-refractivity contribution in [2.75, 3.05) is 96.3 Å². The second kappa shape index (κ2) is 37.1. The van der Waals surface area contributed by atoms with Gasteiger partial charge >= 0.3 is 29.8 Å². The van der Waals surface area contributed by atoms with Gasteiger partial charge in [0.1, 0.15) is 58.9 Å². The summed E-state index contributed by atoms with van der Waals surface area (Å²) in [5, 5.41) is 21.9. The molecule has 12 rings (SSSR count). The van der Waals surface area contributed by atoms with Gasteiger partial charge in [-0.05, 0) is 122 Å². The van der Waals surface area contributed by atoms with E-state index in [4.69, 9.17) is 28.4 Å². The number of esters is 3. The van der Waals surface area contributed by atoms with Gasteiger partial charge in [0.15, 0.2) is 19.7 Å². The van der Waals surface area contributed by atoms with Crippen LogP contribution in [0, 0.1) is 0 Å². The molecular weight excluding hydrogens is 1420 g/mol. The lowest BCUT2D eigenvalue weighted by molar-refractivity contribution is -0.153. The summed E-state index contributed by atoms with van der Waals surface area (Å²) in [5.41, 5.74) is 0.641. The Labute approximate surface area is 618 Å². The molecule has 0 unspecified atom stereocenters. The van der Waals surface area contributed by atoms with E-state index in [1.165, 1.54) is 26.2 Å². The average molecular weight is 1520 g/mol. The van der Waals surface area contributed by atoms with Gasteiger partial charge in [-0.2, -0.15) is 0 Å². The van der Waals surface area contributed by atoms with Gasteiger partial charge in [0, 0.05) is 17.4 Å². The minimum absolute atomic E-state index is 0.0674. The van der Waals surface area contributed by atoms with Crippen molar-refractivity contribution in [1.29, 1.82) is 0 Å². The molecule has 4 heterocycles. The van der Waals surface area contributed by atoms with Crippen LogP contribution in [-0.2, 0) is 93.9 Å². The molecule has 8 fully saturated rings. The highest BCUT2D eigenvalue weighted by molar-refractivity contribution is 7.99. The highest BCUT2D eigenvalue weighted by Gasteiger charge is 2.54. The van der Waals surface area contributed by atoms with Crippen molar-refractivity contribution in [3.8, 4) is 23.0 Å². The molecule has 4 saturated heterocycles. The molecule has 0 bridgehead atoms. The third-order valence-corrected chi connectivity index (χ3v) is 26.3. The maximum Gasteiger partial charge on any atom is 0.329 e. The Bertz CT molecular complexity index is 3810. The van der Waals surface area contributed by atoms with E-state index >= 15 is 0 Å². The summed E-state index contributed by atoms with van der Waals surface area (Å²) in [5.74, 6) is 0.134. The van der Waals surface area contributed by atoms with Crippen LogP contribution < -0.4 is 24.3 Å². The van der Waals surface area contributed by atoms with Gasteiger partial charge in [-0.15, -0.1) is 23.5 Å². The summed E-state index contributed by atoms with van der Waals surface area (Å²) in [4.78, 5) is 103. The quantitative estimate of drug-likeness (QED) is 0.0695. The van der Waals surface area contributed by atoms with E-state index in [1.54, 1.807) is 81.1 Å². The molecule has 29 heteroatoms. The van der Waals surface area contributed by atoms with Crippen LogP contribution in [0.25, 0.3) is 0 Å². The molecule has 4 saturated carbocycles. The number of amides is 3. The SMILES string of the molecule is COC(=O)[C@H]1CS(=O)(=O)CN1C(=O)C1(c2ccc(OC)cc2)CCCCC1.COC(=O)[C@H]1CSCN1.COC(=O)[C@H]1CSCN1C(=O)C1(c2ccc(OC)cc2)CCCCC1.COc1ccc(C2(C(=O)N3CS(=O)(=O)C[C@@H]3C(=O)O)CCCCC2)cc1.COc1ccc(C2(C(=O)O)CCCCC2)cc1. The van der Waals surface area contributed by atoms with Crippen LogP contribution >= 0.6 is 23.5 Å². The smallest absolute Gasteiger partial charge is 0.329 e. The number of hydrogen-bond donors (Lipinski definition) is 3. The number of ether oxygens (including phenoxy) is 7. The number of rotatable bonds is 16. The van der Waals surface area contributed by atoms with Crippen LogP contribution in [0.2, 0.25) is 0 Å². The van der Waals surface area contributed by atoms with Gasteiger partial charge in [0.25, 0.3) is 0 Å². The van der Waals surface area contributed by atoms with E-state index in [-0.39, 0.29) is 35.5 Å². The van der Waals surface area contributed by atoms with E-state index in [2.05, 4.69) is 10.1 Å². The number of thioether (sulfide) groups is 2. The molecule has 4 aliphatic carbocycles. The van der Waals surface area contributed by atoms with Crippen LogP contribution in [-0.4, -0.2) is 210 Å². The third-order valence-electron chi connectivity index (χ3n) is 21.4. The van der Waals surface area contributed by atoms with Gasteiger partial charge < -0.3 is 58.1 Å². The fourth-order valence-electron chi connectivity index (χ4n) is 15.6. The fourth-order valence-corrected chi connectivity index (χ4v) is 20.9. The molecule has 3 amide bonds. The van der Waals surface area contributed by atoms with E-state index in [0.29, 0.717) is 48.8 Å². The van der Waals surface area contributed by atoms with Crippen LogP contribution in [0.15, 0.2) is 97.1 Å². The van der Waals surface area contributed by atoms with Gasteiger partial charge in [0.2, 0.25) is 17.7 Å². The van der Waals surface area contributed by atoms with Crippen LogP contribution in [0.4, 0.5) is 0 Å². The molecule has 25 nitrogen and oxygen atoms in total. The molecular formula is C75H100N4O21S4.